The van der Waals surface area contributed by atoms with Crippen LogP contribution in [-0.4, -0.2) is 11.1 Å². The molecule has 0 aromatic heterocycles. The van der Waals surface area contributed by atoms with Crippen LogP contribution in [0.15, 0.2) is 30.3 Å². The zero-order chi connectivity index (χ0) is 10.8. The van der Waals surface area contributed by atoms with Gasteiger partial charge in [0.05, 0.1) is 0 Å². The lowest BCUT2D eigenvalue weighted by Gasteiger charge is -2.07. The molecule has 0 atom stereocenters. The summed E-state index contributed by atoms with van der Waals surface area (Å²) in [4.78, 5) is 10.7. The fourth-order valence-corrected chi connectivity index (χ4v) is 1.88. The molecule has 78 valence electrons. The zero-order valence-corrected chi connectivity index (χ0v) is 8.87. The summed E-state index contributed by atoms with van der Waals surface area (Å²) in [5.74, 6) is -0.530. The average Bonchev–Trinajstić information content (AvgIpc) is 2.98. The molecule has 1 aromatic carbocycles. The Labute approximate surface area is 93.2 Å². The monoisotopic (exact) mass is 222 g/mol. The summed E-state index contributed by atoms with van der Waals surface area (Å²) in [5, 5.41) is 9.42. The van der Waals surface area contributed by atoms with Gasteiger partial charge < -0.3 is 5.11 Å². The van der Waals surface area contributed by atoms with Gasteiger partial charge in [-0.1, -0.05) is 29.8 Å². The molecule has 0 radical (unpaired) electrons. The minimum absolute atomic E-state index is 0.376. The van der Waals surface area contributed by atoms with E-state index in [4.69, 9.17) is 16.7 Å². The Balaban J connectivity index is 2.41. The molecule has 1 aromatic rings. The van der Waals surface area contributed by atoms with Crippen LogP contribution in [0.25, 0.3) is 5.57 Å². The van der Waals surface area contributed by atoms with Crippen molar-refractivity contribution in [2.24, 2.45) is 5.92 Å². The van der Waals surface area contributed by atoms with Gasteiger partial charge >= 0.3 is 5.97 Å². The summed E-state index contributed by atoms with van der Waals surface area (Å²) >= 11 is 6.04. The molecule has 1 N–H and O–H groups in total. The molecule has 1 aliphatic rings. The normalized spacial score (nSPS) is 16.5. The van der Waals surface area contributed by atoms with Crippen molar-refractivity contribution in [3.8, 4) is 0 Å². The molecule has 0 aliphatic heterocycles. The lowest BCUT2D eigenvalue weighted by molar-refractivity contribution is -0.131. The number of carbonyl (C=O) groups is 1. The highest BCUT2D eigenvalue weighted by Crippen LogP contribution is 2.43. The van der Waals surface area contributed by atoms with Crippen molar-refractivity contribution in [3.05, 3.63) is 40.9 Å². The number of carboxylic acids is 1. The first-order valence-corrected chi connectivity index (χ1v) is 5.25. The fourth-order valence-electron chi connectivity index (χ4n) is 1.64. The standard InChI is InChI=1S/C12H11ClO2/c13-11-4-2-1-3-9(11)10(7-12(14)15)8-5-6-8/h1-4,7-8H,5-6H2,(H,14,15)/b10-7+. The molecule has 3 heteroatoms. The minimum Gasteiger partial charge on any atom is -0.478 e. The van der Waals surface area contributed by atoms with E-state index in [1.165, 1.54) is 6.08 Å². The second-order valence-electron chi connectivity index (χ2n) is 3.69. The molecule has 0 saturated heterocycles. The molecular formula is C12H11ClO2. The Morgan fingerprint density at radius 3 is 2.60 bits per heavy atom. The van der Waals surface area contributed by atoms with Crippen molar-refractivity contribution in [1.82, 2.24) is 0 Å². The number of hydrogen-bond donors (Lipinski definition) is 1. The largest absolute Gasteiger partial charge is 0.478 e. The van der Waals surface area contributed by atoms with Gasteiger partial charge in [0.2, 0.25) is 0 Å². The molecule has 0 heterocycles. The van der Waals surface area contributed by atoms with Crippen LogP contribution in [0.3, 0.4) is 0 Å². The quantitative estimate of drug-likeness (QED) is 0.798. The third-order valence-electron chi connectivity index (χ3n) is 2.48. The molecular weight excluding hydrogens is 212 g/mol. The van der Waals surface area contributed by atoms with Crippen molar-refractivity contribution in [1.29, 1.82) is 0 Å². The lowest BCUT2D eigenvalue weighted by atomic mass is 10.0. The topological polar surface area (TPSA) is 37.3 Å². The number of carboxylic acid groups (broad SMARTS) is 1. The van der Waals surface area contributed by atoms with E-state index in [0.717, 1.165) is 24.0 Å². The van der Waals surface area contributed by atoms with Crippen molar-refractivity contribution in [3.63, 3.8) is 0 Å². The lowest BCUT2D eigenvalue weighted by Crippen LogP contribution is -1.95. The van der Waals surface area contributed by atoms with E-state index in [0.29, 0.717) is 10.9 Å². The Kier molecular flexibility index (Phi) is 2.78. The van der Waals surface area contributed by atoms with Crippen LogP contribution in [0.4, 0.5) is 0 Å². The van der Waals surface area contributed by atoms with Crippen LogP contribution in [-0.2, 0) is 4.79 Å². The van der Waals surface area contributed by atoms with E-state index >= 15 is 0 Å². The van der Waals surface area contributed by atoms with Crippen LogP contribution < -0.4 is 0 Å². The Morgan fingerprint density at radius 1 is 1.40 bits per heavy atom. The fraction of sp³-hybridized carbons (Fsp3) is 0.250. The van der Waals surface area contributed by atoms with Crippen LogP contribution in [0.1, 0.15) is 18.4 Å². The predicted molar refractivity (Wildman–Crippen MR) is 59.8 cm³/mol. The molecule has 2 rings (SSSR count). The summed E-state index contributed by atoms with van der Waals surface area (Å²) in [6.45, 7) is 0. The van der Waals surface area contributed by atoms with Crippen LogP contribution in [0.2, 0.25) is 5.02 Å². The van der Waals surface area contributed by atoms with E-state index in [9.17, 15) is 4.79 Å². The van der Waals surface area contributed by atoms with Crippen LogP contribution in [0, 0.1) is 5.92 Å². The smallest absolute Gasteiger partial charge is 0.328 e. The second-order valence-corrected chi connectivity index (χ2v) is 4.10. The van der Waals surface area contributed by atoms with Gasteiger partial charge in [0.25, 0.3) is 0 Å². The minimum atomic E-state index is -0.906. The van der Waals surface area contributed by atoms with E-state index in [-0.39, 0.29) is 0 Å². The van der Waals surface area contributed by atoms with Gasteiger partial charge in [-0.25, -0.2) is 4.79 Å². The molecule has 2 nitrogen and oxygen atoms in total. The summed E-state index contributed by atoms with van der Waals surface area (Å²) in [6, 6.07) is 7.38. The van der Waals surface area contributed by atoms with Gasteiger partial charge in [-0.3, -0.25) is 0 Å². The maximum Gasteiger partial charge on any atom is 0.328 e. The van der Waals surface area contributed by atoms with Gasteiger partial charge in [-0.15, -0.1) is 0 Å². The summed E-state index contributed by atoms with van der Waals surface area (Å²) in [5.41, 5.74) is 1.71. The maximum atomic E-state index is 10.7. The van der Waals surface area contributed by atoms with Gasteiger partial charge in [-0.05, 0) is 36.0 Å². The van der Waals surface area contributed by atoms with Gasteiger partial charge in [-0.2, -0.15) is 0 Å². The van der Waals surface area contributed by atoms with Gasteiger partial charge in [0.1, 0.15) is 0 Å². The highest BCUT2D eigenvalue weighted by molar-refractivity contribution is 6.32. The van der Waals surface area contributed by atoms with Crippen molar-refractivity contribution >= 4 is 23.1 Å². The van der Waals surface area contributed by atoms with Crippen LogP contribution >= 0.6 is 11.6 Å². The first-order valence-electron chi connectivity index (χ1n) is 4.88. The van der Waals surface area contributed by atoms with Crippen molar-refractivity contribution < 1.29 is 9.90 Å². The number of hydrogen-bond acceptors (Lipinski definition) is 1. The molecule has 1 saturated carbocycles. The second kappa shape index (κ2) is 4.07. The molecule has 1 fully saturated rings. The number of benzene rings is 1. The summed E-state index contributed by atoms with van der Waals surface area (Å²) in [6.07, 6.45) is 3.40. The van der Waals surface area contributed by atoms with E-state index < -0.39 is 5.97 Å². The average molecular weight is 223 g/mol. The highest BCUT2D eigenvalue weighted by Gasteiger charge is 2.28. The van der Waals surface area contributed by atoms with Crippen molar-refractivity contribution in [2.75, 3.05) is 0 Å². The highest BCUT2D eigenvalue weighted by atomic mass is 35.5. The molecule has 0 unspecified atom stereocenters. The van der Waals surface area contributed by atoms with E-state index in [1.807, 2.05) is 18.2 Å². The van der Waals surface area contributed by atoms with Gasteiger partial charge in [0, 0.05) is 11.1 Å². The van der Waals surface area contributed by atoms with Crippen molar-refractivity contribution in [2.45, 2.75) is 12.8 Å². The van der Waals surface area contributed by atoms with E-state index in [1.54, 1.807) is 6.07 Å². The third kappa shape index (κ3) is 2.39. The summed E-state index contributed by atoms with van der Waals surface area (Å²) in [7, 11) is 0. The zero-order valence-electron chi connectivity index (χ0n) is 8.11. The molecule has 0 amide bonds. The SMILES string of the molecule is O=C(O)/C=C(/c1ccccc1Cl)C1CC1. The Hall–Kier alpha value is -1.28. The Morgan fingerprint density at radius 2 is 2.07 bits per heavy atom. The Bertz CT molecular complexity index is 419. The number of rotatable bonds is 3. The van der Waals surface area contributed by atoms with Crippen LogP contribution in [0.5, 0.6) is 0 Å². The molecule has 1 aliphatic carbocycles. The molecule has 15 heavy (non-hydrogen) atoms. The number of halogens is 1. The number of aliphatic carboxylic acids is 1. The first kappa shape index (κ1) is 10.2. The van der Waals surface area contributed by atoms with E-state index in [2.05, 4.69) is 0 Å². The maximum absolute atomic E-state index is 10.7. The predicted octanol–water partition coefficient (Wildman–Crippen LogP) is 3.22. The summed E-state index contributed by atoms with van der Waals surface area (Å²) < 4.78 is 0. The molecule has 0 bridgehead atoms. The first-order chi connectivity index (χ1) is 7.18. The van der Waals surface area contributed by atoms with Gasteiger partial charge in [0.15, 0.2) is 0 Å². The third-order valence-corrected chi connectivity index (χ3v) is 2.81. The number of allylic oxidation sites excluding steroid dienone is 1. The molecule has 0 spiro atoms.